The Bertz CT molecular complexity index is 806. The van der Waals surface area contributed by atoms with Gasteiger partial charge in [0.05, 0.1) is 6.54 Å². The van der Waals surface area contributed by atoms with Crippen LogP contribution in [0.3, 0.4) is 0 Å². The van der Waals surface area contributed by atoms with Crippen LogP contribution in [0.4, 0.5) is 0 Å². The van der Waals surface area contributed by atoms with E-state index in [1.165, 1.54) is 0 Å². The Labute approximate surface area is 153 Å². The smallest absolute Gasteiger partial charge is 0.252 e. The topological polar surface area (TPSA) is 71.3 Å². The van der Waals surface area contributed by atoms with Crippen molar-refractivity contribution in [1.82, 2.24) is 20.4 Å². The predicted molar refractivity (Wildman–Crippen MR) is 97.7 cm³/mol. The molecule has 1 saturated heterocycles. The lowest BCUT2D eigenvalue weighted by atomic mass is 10.0. The summed E-state index contributed by atoms with van der Waals surface area (Å²) in [7, 11) is 0. The van der Waals surface area contributed by atoms with Gasteiger partial charge in [-0.1, -0.05) is 5.16 Å². The van der Waals surface area contributed by atoms with Gasteiger partial charge in [0.2, 0.25) is 11.7 Å². The van der Waals surface area contributed by atoms with Crippen molar-refractivity contribution in [2.45, 2.75) is 25.4 Å². The number of carbonyl (C=O) groups excluding carboxylic acids is 1. The molecule has 0 atom stereocenters. The number of piperidine rings is 1. The number of thiophene rings is 2. The Morgan fingerprint density at radius 2 is 2.04 bits per heavy atom. The van der Waals surface area contributed by atoms with Gasteiger partial charge in [-0.2, -0.15) is 27.7 Å². The summed E-state index contributed by atoms with van der Waals surface area (Å²) in [4.78, 5) is 18.9. The standard InChI is InChI=1S/C17H18N4O2S2/c22-17(13-4-8-25-11-13)18-14-1-5-21(6-2-14)9-15-19-16(20-23-15)12-3-7-24-10-12/h3-4,7-8,10-11,14H,1-2,5-6,9H2,(H,18,22). The molecule has 25 heavy (non-hydrogen) atoms. The first-order chi connectivity index (χ1) is 12.3. The molecule has 1 amide bonds. The fraction of sp³-hybridized carbons (Fsp3) is 0.353. The molecular formula is C17H18N4O2S2. The van der Waals surface area contributed by atoms with Gasteiger partial charge in [0.15, 0.2) is 0 Å². The fourth-order valence-corrected chi connectivity index (χ4v) is 4.19. The van der Waals surface area contributed by atoms with E-state index in [-0.39, 0.29) is 11.9 Å². The van der Waals surface area contributed by atoms with Crippen LogP contribution in [-0.4, -0.2) is 40.1 Å². The van der Waals surface area contributed by atoms with Gasteiger partial charge in [-0.15, -0.1) is 0 Å². The molecule has 1 N–H and O–H groups in total. The van der Waals surface area contributed by atoms with Crippen molar-refractivity contribution in [2.75, 3.05) is 13.1 Å². The number of nitrogens with zero attached hydrogens (tertiary/aromatic N) is 3. The zero-order chi connectivity index (χ0) is 17.1. The van der Waals surface area contributed by atoms with E-state index >= 15 is 0 Å². The number of nitrogens with one attached hydrogen (secondary N) is 1. The molecule has 3 aromatic heterocycles. The van der Waals surface area contributed by atoms with Crippen LogP contribution < -0.4 is 5.32 Å². The molecule has 0 bridgehead atoms. The predicted octanol–water partition coefficient (Wildman–Crippen LogP) is 3.25. The number of carbonyl (C=O) groups is 1. The highest BCUT2D eigenvalue weighted by Crippen LogP contribution is 2.20. The summed E-state index contributed by atoms with van der Waals surface area (Å²) in [5, 5.41) is 15.0. The molecule has 4 heterocycles. The van der Waals surface area contributed by atoms with Gasteiger partial charge < -0.3 is 9.84 Å². The van der Waals surface area contributed by atoms with Crippen molar-refractivity contribution in [3.63, 3.8) is 0 Å². The number of hydrogen-bond donors (Lipinski definition) is 1. The van der Waals surface area contributed by atoms with Crippen molar-refractivity contribution in [2.24, 2.45) is 0 Å². The van der Waals surface area contributed by atoms with Crippen molar-refractivity contribution in [3.05, 3.63) is 45.1 Å². The van der Waals surface area contributed by atoms with Gasteiger partial charge in [0.25, 0.3) is 5.91 Å². The lowest BCUT2D eigenvalue weighted by Crippen LogP contribution is -2.44. The summed E-state index contributed by atoms with van der Waals surface area (Å²) in [6.07, 6.45) is 1.86. The monoisotopic (exact) mass is 374 g/mol. The fourth-order valence-electron chi connectivity index (χ4n) is 2.92. The quantitative estimate of drug-likeness (QED) is 0.742. The largest absolute Gasteiger partial charge is 0.349 e. The van der Waals surface area contributed by atoms with E-state index in [4.69, 9.17) is 4.52 Å². The van der Waals surface area contributed by atoms with Crippen LogP contribution in [0.2, 0.25) is 0 Å². The second kappa shape index (κ2) is 7.47. The zero-order valence-electron chi connectivity index (χ0n) is 13.6. The van der Waals surface area contributed by atoms with E-state index in [2.05, 4.69) is 20.4 Å². The minimum Gasteiger partial charge on any atom is -0.349 e. The first kappa shape index (κ1) is 16.4. The van der Waals surface area contributed by atoms with Crippen molar-refractivity contribution < 1.29 is 9.32 Å². The van der Waals surface area contributed by atoms with Crippen LogP contribution in [0, 0.1) is 0 Å². The molecule has 130 valence electrons. The highest BCUT2D eigenvalue weighted by atomic mass is 32.1. The number of rotatable bonds is 5. The van der Waals surface area contributed by atoms with Crippen LogP contribution in [0.15, 0.2) is 38.2 Å². The van der Waals surface area contributed by atoms with Gasteiger partial charge in [-0.05, 0) is 35.7 Å². The molecule has 1 aliphatic rings. The maximum Gasteiger partial charge on any atom is 0.252 e. The highest BCUT2D eigenvalue weighted by Gasteiger charge is 2.23. The van der Waals surface area contributed by atoms with Gasteiger partial charge >= 0.3 is 0 Å². The maximum atomic E-state index is 12.1. The Morgan fingerprint density at radius 1 is 1.24 bits per heavy atom. The minimum absolute atomic E-state index is 0.0250. The van der Waals surface area contributed by atoms with Gasteiger partial charge in [-0.25, -0.2) is 0 Å². The molecule has 1 fully saturated rings. The third-order valence-electron chi connectivity index (χ3n) is 4.31. The van der Waals surface area contributed by atoms with E-state index in [9.17, 15) is 4.79 Å². The highest BCUT2D eigenvalue weighted by molar-refractivity contribution is 7.08. The lowest BCUT2D eigenvalue weighted by Gasteiger charge is -2.31. The molecule has 0 aliphatic carbocycles. The lowest BCUT2D eigenvalue weighted by molar-refractivity contribution is 0.0905. The summed E-state index contributed by atoms with van der Waals surface area (Å²) >= 11 is 3.16. The molecule has 6 nitrogen and oxygen atoms in total. The van der Waals surface area contributed by atoms with Crippen molar-refractivity contribution in [3.8, 4) is 11.4 Å². The Balaban J connectivity index is 1.27. The van der Waals surface area contributed by atoms with E-state index in [0.29, 0.717) is 18.3 Å². The molecule has 0 radical (unpaired) electrons. The van der Waals surface area contributed by atoms with Gasteiger partial charge in [0.1, 0.15) is 0 Å². The van der Waals surface area contributed by atoms with Crippen LogP contribution in [0.1, 0.15) is 29.1 Å². The molecular weight excluding hydrogens is 356 g/mol. The summed E-state index contributed by atoms with van der Waals surface area (Å²) in [6, 6.07) is 4.07. The average molecular weight is 374 g/mol. The molecule has 0 spiro atoms. The Kier molecular flexibility index (Phi) is 4.91. The Morgan fingerprint density at radius 3 is 2.76 bits per heavy atom. The molecule has 0 saturated carbocycles. The zero-order valence-corrected chi connectivity index (χ0v) is 15.2. The molecule has 1 aliphatic heterocycles. The summed E-state index contributed by atoms with van der Waals surface area (Å²) in [5.41, 5.74) is 1.74. The maximum absolute atomic E-state index is 12.1. The van der Waals surface area contributed by atoms with E-state index in [1.807, 2.05) is 33.7 Å². The summed E-state index contributed by atoms with van der Waals surface area (Å²) in [5.74, 6) is 1.31. The van der Waals surface area contributed by atoms with E-state index in [0.717, 1.165) is 37.1 Å². The molecule has 3 aromatic rings. The normalized spacial score (nSPS) is 16.2. The van der Waals surface area contributed by atoms with Crippen LogP contribution in [-0.2, 0) is 6.54 Å². The molecule has 4 rings (SSSR count). The number of hydrogen-bond acceptors (Lipinski definition) is 7. The molecule has 0 aromatic carbocycles. The average Bonchev–Trinajstić information content (AvgIpc) is 3.38. The second-order valence-electron chi connectivity index (χ2n) is 6.06. The van der Waals surface area contributed by atoms with Crippen molar-refractivity contribution in [1.29, 1.82) is 0 Å². The number of aromatic nitrogens is 2. The summed E-state index contributed by atoms with van der Waals surface area (Å²) in [6.45, 7) is 2.47. The van der Waals surface area contributed by atoms with Gasteiger partial charge in [0, 0.05) is 41.0 Å². The third kappa shape index (κ3) is 3.97. The summed E-state index contributed by atoms with van der Waals surface area (Å²) < 4.78 is 5.36. The second-order valence-corrected chi connectivity index (χ2v) is 7.62. The van der Waals surface area contributed by atoms with Crippen LogP contribution in [0.5, 0.6) is 0 Å². The third-order valence-corrected chi connectivity index (χ3v) is 5.68. The van der Waals surface area contributed by atoms with E-state index in [1.54, 1.807) is 22.7 Å². The first-order valence-electron chi connectivity index (χ1n) is 8.18. The number of likely N-dealkylation sites (tertiary alicyclic amines) is 1. The number of amides is 1. The van der Waals surface area contributed by atoms with Crippen LogP contribution >= 0.6 is 22.7 Å². The van der Waals surface area contributed by atoms with Gasteiger partial charge in [-0.3, -0.25) is 9.69 Å². The SMILES string of the molecule is O=C(NC1CCN(Cc2nc(-c3ccsc3)no2)CC1)c1ccsc1. The Hall–Kier alpha value is -2.03. The minimum atomic E-state index is 0.0250. The molecule has 0 unspecified atom stereocenters. The molecule has 8 heteroatoms. The van der Waals surface area contributed by atoms with E-state index < -0.39 is 0 Å². The van der Waals surface area contributed by atoms with Crippen molar-refractivity contribution >= 4 is 28.6 Å². The first-order valence-corrected chi connectivity index (χ1v) is 10.1. The van der Waals surface area contributed by atoms with Crippen LogP contribution in [0.25, 0.3) is 11.4 Å².